The molecular weight excluding hydrogens is 513 g/mol. The Bertz CT molecular complexity index is 262. The summed E-state index contributed by atoms with van der Waals surface area (Å²) >= 11 is 0. The van der Waals surface area contributed by atoms with Gasteiger partial charge in [-0.1, -0.05) is 19.9 Å². The van der Waals surface area contributed by atoms with Crippen molar-refractivity contribution < 1.29 is 51.1 Å². The maximum absolute atomic E-state index is 9.10. The Morgan fingerprint density at radius 3 is 1.92 bits per heavy atom. The molecule has 74 valence electrons. The SMILES string of the molecule is CC(C)c1ccc(O)c(O)c1.[Re].[Re]. The van der Waals surface area contributed by atoms with Crippen molar-refractivity contribution >= 4 is 0 Å². The fourth-order valence-corrected chi connectivity index (χ4v) is 0.900. The minimum atomic E-state index is -0.0607. The molecule has 0 fully saturated rings. The molecule has 13 heavy (non-hydrogen) atoms. The van der Waals surface area contributed by atoms with Crippen LogP contribution in [0.3, 0.4) is 0 Å². The van der Waals surface area contributed by atoms with Gasteiger partial charge in [0, 0.05) is 40.8 Å². The van der Waals surface area contributed by atoms with Crippen LogP contribution in [0.4, 0.5) is 0 Å². The summed E-state index contributed by atoms with van der Waals surface area (Å²) in [6, 6.07) is 4.89. The van der Waals surface area contributed by atoms with E-state index in [-0.39, 0.29) is 52.3 Å². The van der Waals surface area contributed by atoms with Gasteiger partial charge in [-0.05, 0) is 23.6 Å². The topological polar surface area (TPSA) is 40.5 Å². The third-order valence-electron chi connectivity index (χ3n) is 1.67. The number of hydrogen-bond donors (Lipinski definition) is 2. The number of phenols is 2. The van der Waals surface area contributed by atoms with Crippen molar-refractivity contribution in [3.05, 3.63) is 23.8 Å². The molecule has 0 heterocycles. The minimum Gasteiger partial charge on any atom is -0.504 e. The minimum absolute atomic E-state index is 0. The summed E-state index contributed by atoms with van der Waals surface area (Å²) in [7, 11) is 0. The normalized spacial score (nSPS) is 8.85. The molecule has 0 aliphatic carbocycles. The van der Waals surface area contributed by atoms with Crippen LogP contribution >= 0.6 is 0 Å². The number of aromatic hydroxyl groups is 2. The van der Waals surface area contributed by atoms with Gasteiger partial charge in [0.1, 0.15) is 0 Å². The molecule has 2 radical (unpaired) electrons. The summed E-state index contributed by atoms with van der Waals surface area (Å²) in [4.78, 5) is 0. The van der Waals surface area contributed by atoms with Crippen molar-refractivity contribution in [2.45, 2.75) is 19.8 Å². The number of hydrogen-bond acceptors (Lipinski definition) is 2. The third-order valence-corrected chi connectivity index (χ3v) is 1.67. The van der Waals surface area contributed by atoms with Gasteiger partial charge in [0.15, 0.2) is 11.5 Å². The van der Waals surface area contributed by atoms with E-state index < -0.39 is 0 Å². The van der Waals surface area contributed by atoms with Crippen LogP contribution in [0.1, 0.15) is 25.3 Å². The molecule has 0 saturated carbocycles. The standard InChI is InChI=1S/C9H12O2.2Re/c1-6(2)7-3-4-8(10)9(11)5-7;;/h3-6,10-11H,1-2H3;;. The summed E-state index contributed by atoms with van der Waals surface area (Å²) in [5.41, 5.74) is 1.03. The van der Waals surface area contributed by atoms with Crippen LogP contribution in [0.25, 0.3) is 0 Å². The van der Waals surface area contributed by atoms with Gasteiger partial charge in [0.25, 0.3) is 0 Å². The molecule has 0 bridgehead atoms. The Kier molecular flexibility index (Phi) is 7.90. The Morgan fingerprint density at radius 1 is 1.00 bits per heavy atom. The van der Waals surface area contributed by atoms with Gasteiger partial charge in [-0.15, -0.1) is 0 Å². The largest absolute Gasteiger partial charge is 0.504 e. The number of benzene rings is 1. The molecule has 0 amide bonds. The Hall–Kier alpha value is 0.145. The quantitative estimate of drug-likeness (QED) is 0.554. The molecule has 0 aromatic heterocycles. The van der Waals surface area contributed by atoms with Gasteiger partial charge < -0.3 is 10.2 Å². The Labute approximate surface area is 106 Å². The first-order valence-electron chi connectivity index (χ1n) is 3.63. The van der Waals surface area contributed by atoms with Crippen LogP contribution < -0.4 is 0 Å². The van der Waals surface area contributed by atoms with E-state index in [2.05, 4.69) is 0 Å². The van der Waals surface area contributed by atoms with E-state index in [0.717, 1.165) is 5.56 Å². The van der Waals surface area contributed by atoms with Crippen LogP contribution in [-0.4, -0.2) is 10.2 Å². The van der Waals surface area contributed by atoms with E-state index in [0.29, 0.717) is 5.92 Å². The molecular formula is C9H12O2Re2. The predicted octanol–water partition coefficient (Wildman–Crippen LogP) is 2.22. The zero-order chi connectivity index (χ0) is 8.43. The molecule has 0 aliphatic heterocycles. The van der Waals surface area contributed by atoms with Gasteiger partial charge in [-0.3, -0.25) is 0 Å². The Morgan fingerprint density at radius 2 is 1.54 bits per heavy atom. The van der Waals surface area contributed by atoms with Crippen LogP contribution in [0.15, 0.2) is 18.2 Å². The van der Waals surface area contributed by atoms with Crippen molar-refractivity contribution in [3.63, 3.8) is 0 Å². The van der Waals surface area contributed by atoms with Gasteiger partial charge in [-0.25, -0.2) is 0 Å². The van der Waals surface area contributed by atoms with Gasteiger partial charge >= 0.3 is 0 Å². The smallest absolute Gasteiger partial charge is 0.157 e. The molecule has 2 N–H and O–H groups in total. The summed E-state index contributed by atoms with van der Waals surface area (Å²) in [5.74, 6) is 0.270. The molecule has 0 aliphatic rings. The fraction of sp³-hybridized carbons (Fsp3) is 0.333. The monoisotopic (exact) mass is 526 g/mol. The van der Waals surface area contributed by atoms with Crippen LogP contribution in [0.5, 0.6) is 11.5 Å². The van der Waals surface area contributed by atoms with Crippen LogP contribution in [0.2, 0.25) is 0 Å². The van der Waals surface area contributed by atoms with E-state index in [9.17, 15) is 0 Å². The first kappa shape index (κ1) is 15.6. The van der Waals surface area contributed by atoms with Gasteiger partial charge in [0.05, 0.1) is 0 Å². The maximum atomic E-state index is 9.10. The summed E-state index contributed by atoms with van der Waals surface area (Å²) in [6.07, 6.45) is 0. The van der Waals surface area contributed by atoms with Crippen molar-refractivity contribution in [3.8, 4) is 11.5 Å². The van der Waals surface area contributed by atoms with E-state index >= 15 is 0 Å². The van der Waals surface area contributed by atoms with Crippen LogP contribution in [0, 0.1) is 0 Å². The molecule has 1 aromatic carbocycles. The van der Waals surface area contributed by atoms with Crippen molar-refractivity contribution in [1.29, 1.82) is 0 Å². The number of rotatable bonds is 1. The van der Waals surface area contributed by atoms with Crippen LogP contribution in [-0.2, 0) is 40.8 Å². The van der Waals surface area contributed by atoms with E-state index in [1.807, 2.05) is 13.8 Å². The van der Waals surface area contributed by atoms with Gasteiger partial charge in [-0.2, -0.15) is 0 Å². The predicted molar refractivity (Wildman–Crippen MR) is 43.9 cm³/mol. The average molecular weight is 525 g/mol. The number of phenolic OH excluding ortho intramolecular Hbond substituents is 2. The molecule has 1 aromatic rings. The second-order valence-electron chi connectivity index (χ2n) is 2.90. The first-order valence-corrected chi connectivity index (χ1v) is 3.63. The van der Waals surface area contributed by atoms with Crippen molar-refractivity contribution in [2.24, 2.45) is 0 Å². The summed E-state index contributed by atoms with van der Waals surface area (Å²) in [6.45, 7) is 4.07. The fourth-order valence-electron chi connectivity index (χ4n) is 0.900. The second-order valence-corrected chi connectivity index (χ2v) is 2.90. The molecule has 2 nitrogen and oxygen atoms in total. The second kappa shape index (κ2) is 6.58. The zero-order valence-electron chi connectivity index (χ0n) is 7.46. The molecule has 1 rings (SSSR count). The Balaban J connectivity index is 0. The zero-order valence-corrected chi connectivity index (χ0v) is 12.9. The van der Waals surface area contributed by atoms with Gasteiger partial charge in [0.2, 0.25) is 0 Å². The molecule has 0 atom stereocenters. The van der Waals surface area contributed by atoms with E-state index in [4.69, 9.17) is 10.2 Å². The first-order chi connectivity index (χ1) is 5.11. The van der Waals surface area contributed by atoms with E-state index in [1.54, 1.807) is 12.1 Å². The average Bonchev–Trinajstić information content (AvgIpc) is 1.94. The third kappa shape index (κ3) is 4.25. The molecule has 0 unspecified atom stereocenters. The molecule has 0 saturated heterocycles. The van der Waals surface area contributed by atoms with Crippen molar-refractivity contribution in [2.75, 3.05) is 0 Å². The van der Waals surface area contributed by atoms with E-state index in [1.165, 1.54) is 6.07 Å². The van der Waals surface area contributed by atoms with Crippen molar-refractivity contribution in [1.82, 2.24) is 0 Å². The maximum Gasteiger partial charge on any atom is 0.157 e. The molecule has 4 heteroatoms. The summed E-state index contributed by atoms with van der Waals surface area (Å²) in [5, 5.41) is 18.1. The molecule has 0 spiro atoms. The summed E-state index contributed by atoms with van der Waals surface area (Å²) < 4.78 is 0.